The molecule has 0 spiro atoms. The Morgan fingerprint density at radius 2 is 1.95 bits per heavy atom. The Bertz CT molecular complexity index is 417. The standard InChI is InChI=1S/C16H24O4/c1-12(2)6-9-18-11-14(17)13-4-5-15-16(10-13)20-8-3-7-19-15/h4-5,10,12,14,17H,3,6-9,11H2,1-2H3. The van der Waals surface area contributed by atoms with E-state index in [0.29, 0.717) is 38.1 Å². The quantitative estimate of drug-likeness (QED) is 0.814. The lowest BCUT2D eigenvalue weighted by Crippen LogP contribution is -2.09. The molecule has 0 saturated heterocycles. The molecule has 0 aliphatic carbocycles. The molecule has 1 unspecified atom stereocenters. The van der Waals surface area contributed by atoms with Gasteiger partial charge in [0.1, 0.15) is 6.10 Å². The van der Waals surface area contributed by atoms with E-state index >= 15 is 0 Å². The topological polar surface area (TPSA) is 47.9 Å². The van der Waals surface area contributed by atoms with Crippen molar-refractivity contribution in [2.24, 2.45) is 5.92 Å². The highest BCUT2D eigenvalue weighted by Gasteiger charge is 2.14. The lowest BCUT2D eigenvalue weighted by Gasteiger charge is -2.14. The van der Waals surface area contributed by atoms with Crippen LogP contribution in [0.4, 0.5) is 0 Å². The number of benzene rings is 1. The van der Waals surface area contributed by atoms with Crippen LogP contribution in [0.3, 0.4) is 0 Å². The zero-order valence-corrected chi connectivity index (χ0v) is 12.3. The van der Waals surface area contributed by atoms with Gasteiger partial charge in [-0.2, -0.15) is 0 Å². The second-order valence-corrected chi connectivity index (χ2v) is 5.53. The minimum atomic E-state index is -0.626. The van der Waals surface area contributed by atoms with Gasteiger partial charge in [0.15, 0.2) is 11.5 Å². The summed E-state index contributed by atoms with van der Waals surface area (Å²) in [5, 5.41) is 10.1. The molecule has 1 heterocycles. The maximum atomic E-state index is 10.1. The summed E-state index contributed by atoms with van der Waals surface area (Å²) in [6.45, 7) is 6.63. The predicted molar refractivity (Wildman–Crippen MR) is 77.3 cm³/mol. The molecule has 20 heavy (non-hydrogen) atoms. The van der Waals surface area contributed by atoms with E-state index in [1.54, 1.807) is 0 Å². The van der Waals surface area contributed by atoms with E-state index in [1.165, 1.54) is 0 Å². The van der Waals surface area contributed by atoms with Crippen LogP contribution in [0.2, 0.25) is 0 Å². The molecule has 1 aliphatic rings. The molecule has 2 rings (SSSR count). The predicted octanol–water partition coefficient (Wildman–Crippen LogP) is 2.94. The molecule has 0 amide bonds. The van der Waals surface area contributed by atoms with Crippen LogP contribution < -0.4 is 9.47 Å². The first-order chi connectivity index (χ1) is 9.66. The summed E-state index contributed by atoms with van der Waals surface area (Å²) >= 11 is 0. The molecule has 1 aromatic rings. The number of aliphatic hydroxyl groups is 1. The number of rotatable bonds is 6. The van der Waals surface area contributed by atoms with E-state index in [1.807, 2.05) is 18.2 Å². The largest absolute Gasteiger partial charge is 0.490 e. The van der Waals surface area contributed by atoms with Crippen molar-refractivity contribution >= 4 is 0 Å². The fourth-order valence-electron chi connectivity index (χ4n) is 2.00. The van der Waals surface area contributed by atoms with Gasteiger partial charge in [0.2, 0.25) is 0 Å². The minimum absolute atomic E-state index is 0.312. The zero-order chi connectivity index (χ0) is 14.4. The number of fused-ring (bicyclic) bond motifs is 1. The van der Waals surface area contributed by atoms with Gasteiger partial charge >= 0.3 is 0 Å². The molecule has 112 valence electrons. The maximum absolute atomic E-state index is 10.1. The molecule has 0 bridgehead atoms. The smallest absolute Gasteiger partial charge is 0.161 e. The van der Waals surface area contributed by atoms with Crippen LogP contribution in [-0.2, 0) is 4.74 Å². The average Bonchev–Trinajstić information content (AvgIpc) is 2.67. The second-order valence-electron chi connectivity index (χ2n) is 5.53. The van der Waals surface area contributed by atoms with Gasteiger partial charge in [-0.1, -0.05) is 19.9 Å². The van der Waals surface area contributed by atoms with Crippen molar-refractivity contribution in [2.75, 3.05) is 26.4 Å². The summed E-state index contributed by atoms with van der Waals surface area (Å²) in [5.41, 5.74) is 0.804. The Hall–Kier alpha value is -1.26. The van der Waals surface area contributed by atoms with Gasteiger partial charge in [-0.15, -0.1) is 0 Å². The Morgan fingerprint density at radius 1 is 1.20 bits per heavy atom. The third-order valence-corrected chi connectivity index (χ3v) is 3.27. The zero-order valence-electron chi connectivity index (χ0n) is 12.3. The molecule has 1 aliphatic heterocycles. The summed E-state index contributed by atoms with van der Waals surface area (Å²) in [6, 6.07) is 5.56. The van der Waals surface area contributed by atoms with Crippen molar-refractivity contribution in [2.45, 2.75) is 32.8 Å². The molecule has 4 heteroatoms. The third-order valence-electron chi connectivity index (χ3n) is 3.27. The van der Waals surface area contributed by atoms with E-state index in [2.05, 4.69) is 13.8 Å². The molecule has 1 aromatic carbocycles. The number of aliphatic hydroxyl groups excluding tert-OH is 1. The number of hydrogen-bond acceptors (Lipinski definition) is 4. The SMILES string of the molecule is CC(C)CCOCC(O)c1ccc2c(c1)OCCCO2. The average molecular weight is 280 g/mol. The summed E-state index contributed by atoms with van der Waals surface area (Å²) < 4.78 is 16.7. The van der Waals surface area contributed by atoms with Gasteiger partial charge in [-0.05, 0) is 30.0 Å². The fraction of sp³-hybridized carbons (Fsp3) is 0.625. The third kappa shape index (κ3) is 4.39. The van der Waals surface area contributed by atoms with Gasteiger partial charge in [-0.25, -0.2) is 0 Å². The molecule has 0 radical (unpaired) electrons. The van der Waals surface area contributed by atoms with Crippen LogP contribution in [-0.4, -0.2) is 31.5 Å². The molecular formula is C16H24O4. The van der Waals surface area contributed by atoms with Gasteiger partial charge in [0.25, 0.3) is 0 Å². The highest BCUT2D eigenvalue weighted by atomic mass is 16.5. The van der Waals surface area contributed by atoms with Crippen LogP contribution in [0.1, 0.15) is 38.4 Å². The van der Waals surface area contributed by atoms with Crippen molar-refractivity contribution in [3.63, 3.8) is 0 Å². The van der Waals surface area contributed by atoms with Crippen molar-refractivity contribution in [3.8, 4) is 11.5 Å². The molecule has 4 nitrogen and oxygen atoms in total. The maximum Gasteiger partial charge on any atom is 0.161 e. The Labute approximate surface area is 120 Å². The van der Waals surface area contributed by atoms with E-state index < -0.39 is 6.10 Å². The molecule has 1 atom stereocenters. The minimum Gasteiger partial charge on any atom is -0.490 e. The Kier molecular flexibility index (Phi) is 5.68. The molecule has 0 saturated carbocycles. The Morgan fingerprint density at radius 3 is 2.70 bits per heavy atom. The van der Waals surface area contributed by atoms with E-state index in [4.69, 9.17) is 14.2 Å². The highest BCUT2D eigenvalue weighted by molar-refractivity contribution is 5.44. The van der Waals surface area contributed by atoms with Gasteiger partial charge in [0.05, 0.1) is 19.8 Å². The normalized spacial score (nSPS) is 16.0. The lowest BCUT2D eigenvalue weighted by molar-refractivity contribution is 0.0318. The first-order valence-corrected chi connectivity index (χ1v) is 7.32. The first kappa shape index (κ1) is 15.1. The summed E-state index contributed by atoms with van der Waals surface area (Å²) in [5.74, 6) is 2.07. The number of ether oxygens (including phenoxy) is 3. The highest BCUT2D eigenvalue weighted by Crippen LogP contribution is 2.32. The van der Waals surface area contributed by atoms with Crippen molar-refractivity contribution in [1.29, 1.82) is 0 Å². The van der Waals surface area contributed by atoms with Crippen molar-refractivity contribution in [1.82, 2.24) is 0 Å². The lowest BCUT2D eigenvalue weighted by atomic mass is 10.1. The van der Waals surface area contributed by atoms with Crippen LogP contribution in [0.5, 0.6) is 11.5 Å². The second kappa shape index (κ2) is 7.50. The van der Waals surface area contributed by atoms with Crippen LogP contribution in [0.25, 0.3) is 0 Å². The fourth-order valence-corrected chi connectivity index (χ4v) is 2.00. The van der Waals surface area contributed by atoms with Crippen LogP contribution in [0.15, 0.2) is 18.2 Å². The summed E-state index contributed by atoms with van der Waals surface area (Å²) in [7, 11) is 0. The van der Waals surface area contributed by atoms with Gasteiger partial charge < -0.3 is 19.3 Å². The van der Waals surface area contributed by atoms with Gasteiger partial charge in [0, 0.05) is 13.0 Å². The van der Waals surface area contributed by atoms with Crippen LogP contribution >= 0.6 is 0 Å². The van der Waals surface area contributed by atoms with E-state index in [0.717, 1.165) is 24.2 Å². The van der Waals surface area contributed by atoms with E-state index in [9.17, 15) is 5.11 Å². The van der Waals surface area contributed by atoms with Crippen molar-refractivity contribution < 1.29 is 19.3 Å². The molecule has 0 fully saturated rings. The summed E-state index contributed by atoms with van der Waals surface area (Å²) in [4.78, 5) is 0. The monoisotopic (exact) mass is 280 g/mol. The van der Waals surface area contributed by atoms with E-state index in [-0.39, 0.29) is 0 Å². The van der Waals surface area contributed by atoms with Gasteiger partial charge in [-0.3, -0.25) is 0 Å². The first-order valence-electron chi connectivity index (χ1n) is 7.32. The van der Waals surface area contributed by atoms with Crippen LogP contribution in [0, 0.1) is 5.92 Å². The number of hydrogen-bond donors (Lipinski definition) is 1. The summed E-state index contributed by atoms with van der Waals surface area (Å²) in [6.07, 6.45) is 1.26. The molecule has 0 aromatic heterocycles. The van der Waals surface area contributed by atoms with Crippen molar-refractivity contribution in [3.05, 3.63) is 23.8 Å². The molecular weight excluding hydrogens is 256 g/mol. The molecule has 1 N–H and O–H groups in total. The Balaban J connectivity index is 1.89.